The number of rotatable bonds is 11. The third-order valence-corrected chi connectivity index (χ3v) is 5.95. The fraction of sp³-hybridized carbons (Fsp3) is 0.952. The highest BCUT2D eigenvalue weighted by Gasteiger charge is 2.27. The molecule has 2 N–H and O–H groups in total. The van der Waals surface area contributed by atoms with Crippen LogP contribution in [0.1, 0.15) is 46.0 Å². The molecule has 2 fully saturated rings. The van der Waals surface area contributed by atoms with Gasteiger partial charge < -0.3 is 24.8 Å². The van der Waals surface area contributed by atoms with Crippen LogP contribution in [0.4, 0.5) is 0 Å². The van der Waals surface area contributed by atoms with E-state index < -0.39 is 0 Å². The van der Waals surface area contributed by atoms with Crippen LogP contribution in [-0.4, -0.2) is 89.3 Å². The Morgan fingerprint density at radius 1 is 1.07 bits per heavy atom. The van der Waals surface area contributed by atoms with Gasteiger partial charge in [0.15, 0.2) is 5.96 Å². The quantitative estimate of drug-likeness (QED) is 0.315. The lowest BCUT2D eigenvalue weighted by atomic mass is 9.92. The molecule has 0 spiro atoms. The Hall–Kier alpha value is -0.890. The van der Waals surface area contributed by atoms with Gasteiger partial charge in [0.1, 0.15) is 0 Å². The second kappa shape index (κ2) is 14.1. The molecule has 0 aliphatic carbocycles. The maximum absolute atomic E-state index is 5.94. The van der Waals surface area contributed by atoms with Crippen molar-refractivity contribution in [1.82, 2.24) is 15.5 Å². The van der Waals surface area contributed by atoms with Crippen molar-refractivity contribution in [2.24, 2.45) is 10.9 Å². The first kappa shape index (κ1) is 23.4. The number of guanidine groups is 1. The molecule has 7 nitrogen and oxygen atoms in total. The van der Waals surface area contributed by atoms with E-state index in [0.717, 1.165) is 84.4 Å². The zero-order chi connectivity index (χ0) is 20.0. The van der Waals surface area contributed by atoms with Crippen molar-refractivity contribution in [1.29, 1.82) is 0 Å². The summed E-state index contributed by atoms with van der Waals surface area (Å²) in [6.45, 7) is 12.6. The van der Waals surface area contributed by atoms with Crippen LogP contribution < -0.4 is 10.6 Å². The first-order valence-electron chi connectivity index (χ1n) is 11.2. The second-order valence-electron chi connectivity index (χ2n) is 7.71. The molecule has 1 unspecified atom stereocenters. The van der Waals surface area contributed by atoms with E-state index >= 15 is 0 Å². The van der Waals surface area contributed by atoms with Gasteiger partial charge >= 0.3 is 0 Å². The molecule has 2 aliphatic heterocycles. The van der Waals surface area contributed by atoms with Crippen LogP contribution in [0.5, 0.6) is 0 Å². The highest BCUT2D eigenvalue weighted by molar-refractivity contribution is 5.79. The van der Waals surface area contributed by atoms with E-state index in [-0.39, 0.29) is 0 Å². The molecular formula is C21H42N4O3. The molecule has 2 aliphatic rings. The van der Waals surface area contributed by atoms with Gasteiger partial charge in [-0.3, -0.25) is 9.89 Å². The topological polar surface area (TPSA) is 67.4 Å². The van der Waals surface area contributed by atoms with Gasteiger partial charge in [-0.2, -0.15) is 0 Å². The maximum Gasteiger partial charge on any atom is 0.191 e. The predicted molar refractivity (Wildman–Crippen MR) is 114 cm³/mol. The van der Waals surface area contributed by atoms with Crippen molar-refractivity contribution in [3.8, 4) is 0 Å². The summed E-state index contributed by atoms with van der Waals surface area (Å²) in [5, 5.41) is 6.99. The number of hydrogen-bond donors (Lipinski definition) is 2. The molecular weight excluding hydrogens is 356 g/mol. The molecule has 164 valence electrons. The summed E-state index contributed by atoms with van der Waals surface area (Å²) in [5.41, 5.74) is 0. The van der Waals surface area contributed by atoms with Crippen molar-refractivity contribution < 1.29 is 14.2 Å². The number of nitrogens with one attached hydrogen (secondary N) is 2. The lowest BCUT2D eigenvalue weighted by molar-refractivity contribution is -0.0320. The van der Waals surface area contributed by atoms with Gasteiger partial charge in [-0.05, 0) is 25.2 Å². The molecule has 7 heteroatoms. The van der Waals surface area contributed by atoms with Crippen LogP contribution in [0.15, 0.2) is 4.99 Å². The van der Waals surface area contributed by atoms with Gasteiger partial charge in [0.2, 0.25) is 0 Å². The predicted octanol–water partition coefficient (Wildman–Crippen LogP) is 1.87. The summed E-state index contributed by atoms with van der Waals surface area (Å²) in [6, 6.07) is 0.523. The van der Waals surface area contributed by atoms with Crippen molar-refractivity contribution in [2.75, 3.05) is 66.3 Å². The fourth-order valence-corrected chi connectivity index (χ4v) is 4.13. The van der Waals surface area contributed by atoms with Gasteiger partial charge in [0, 0.05) is 59.1 Å². The third kappa shape index (κ3) is 8.23. The Morgan fingerprint density at radius 3 is 2.39 bits per heavy atom. The van der Waals surface area contributed by atoms with Crippen molar-refractivity contribution in [2.45, 2.75) is 58.1 Å². The normalized spacial score (nSPS) is 21.1. The van der Waals surface area contributed by atoms with Crippen LogP contribution in [0, 0.1) is 5.92 Å². The molecule has 0 bridgehead atoms. The molecule has 0 saturated carbocycles. The number of aliphatic imine (C=N–C) groups is 1. The fourth-order valence-electron chi connectivity index (χ4n) is 4.13. The van der Waals surface area contributed by atoms with E-state index in [0.29, 0.717) is 18.1 Å². The summed E-state index contributed by atoms with van der Waals surface area (Å²) in [6.07, 6.45) is 5.81. The first-order chi connectivity index (χ1) is 13.8. The minimum Gasteiger partial charge on any atom is -0.381 e. The number of ether oxygens (including phenoxy) is 3. The highest BCUT2D eigenvalue weighted by atomic mass is 16.5. The van der Waals surface area contributed by atoms with Crippen molar-refractivity contribution in [3.05, 3.63) is 0 Å². The van der Waals surface area contributed by atoms with E-state index in [9.17, 15) is 0 Å². The summed E-state index contributed by atoms with van der Waals surface area (Å²) in [7, 11) is 1.84. The van der Waals surface area contributed by atoms with Crippen LogP contribution in [-0.2, 0) is 14.2 Å². The van der Waals surface area contributed by atoms with Gasteiger partial charge in [-0.15, -0.1) is 0 Å². The van der Waals surface area contributed by atoms with E-state index in [1.807, 2.05) is 7.05 Å². The average Bonchev–Trinajstić information content (AvgIpc) is 2.76. The van der Waals surface area contributed by atoms with Gasteiger partial charge in [0.25, 0.3) is 0 Å². The zero-order valence-electron chi connectivity index (χ0n) is 18.3. The minimum absolute atomic E-state index is 0.375. The Morgan fingerprint density at radius 2 is 1.75 bits per heavy atom. The smallest absolute Gasteiger partial charge is 0.191 e. The van der Waals surface area contributed by atoms with E-state index in [1.54, 1.807) is 0 Å². The lowest BCUT2D eigenvalue weighted by Gasteiger charge is -2.39. The van der Waals surface area contributed by atoms with Gasteiger partial charge in [-0.1, -0.05) is 26.7 Å². The Kier molecular flexibility index (Phi) is 11.8. The molecule has 2 rings (SSSR count). The van der Waals surface area contributed by atoms with Crippen molar-refractivity contribution >= 4 is 5.96 Å². The molecule has 0 amide bonds. The molecule has 0 aromatic rings. The van der Waals surface area contributed by atoms with Gasteiger partial charge in [0.05, 0.1) is 19.3 Å². The van der Waals surface area contributed by atoms with Crippen LogP contribution in [0.3, 0.4) is 0 Å². The van der Waals surface area contributed by atoms with Crippen LogP contribution in [0.2, 0.25) is 0 Å². The number of hydrogen-bond acceptors (Lipinski definition) is 5. The third-order valence-electron chi connectivity index (χ3n) is 5.95. The Labute approximate surface area is 171 Å². The summed E-state index contributed by atoms with van der Waals surface area (Å²) >= 11 is 0. The molecule has 2 heterocycles. The van der Waals surface area contributed by atoms with Gasteiger partial charge in [-0.25, -0.2) is 0 Å². The Bertz CT molecular complexity index is 420. The largest absolute Gasteiger partial charge is 0.381 e. The second-order valence-corrected chi connectivity index (χ2v) is 7.71. The highest BCUT2D eigenvalue weighted by Crippen LogP contribution is 2.19. The maximum atomic E-state index is 5.94. The monoisotopic (exact) mass is 398 g/mol. The molecule has 0 aromatic heterocycles. The van der Waals surface area contributed by atoms with Crippen LogP contribution >= 0.6 is 0 Å². The van der Waals surface area contributed by atoms with E-state index in [4.69, 9.17) is 14.2 Å². The summed E-state index contributed by atoms with van der Waals surface area (Å²) < 4.78 is 16.9. The first-order valence-corrected chi connectivity index (χ1v) is 11.2. The number of morpholine rings is 1. The molecule has 2 saturated heterocycles. The molecule has 28 heavy (non-hydrogen) atoms. The molecule has 1 atom stereocenters. The van der Waals surface area contributed by atoms with E-state index in [1.165, 1.54) is 12.8 Å². The lowest BCUT2D eigenvalue weighted by Crippen LogP contribution is -2.53. The van der Waals surface area contributed by atoms with Crippen LogP contribution in [0.25, 0.3) is 0 Å². The Balaban J connectivity index is 1.68. The average molecular weight is 399 g/mol. The minimum atomic E-state index is 0.375. The standard InChI is InChI=1S/C21H42N4O3/c1-4-18(5-2)20(25-10-15-27-16-11-25)17-24-21(22-3)23-9-6-12-28-19-7-13-26-14-8-19/h18-20H,4-17H2,1-3H3,(H2,22,23,24). The SMILES string of the molecule is CCC(CC)C(CNC(=NC)NCCCOC1CCOCC1)N1CCOCC1. The molecule has 0 aromatic carbocycles. The van der Waals surface area contributed by atoms with Crippen molar-refractivity contribution in [3.63, 3.8) is 0 Å². The molecule has 0 radical (unpaired) electrons. The summed E-state index contributed by atoms with van der Waals surface area (Å²) in [4.78, 5) is 6.98. The zero-order valence-corrected chi connectivity index (χ0v) is 18.3. The van der Waals surface area contributed by atoms with E-state index in [2.05, 4.69) is 34.4 Å². The summed E-state index contributed by atoms with van der Waals surface area (Å²) in [5.74, 6) is 1.58. The number of nitrogens with zero attached hydrogens (tertiary/aromatic N) is 2.